The van der Waals surface area contributed by atoms with Gasteiger partial charge in [-0.25, -0.2) is 4.79 Å². The van der Waals surface area contributed by atoms with E-state index in [1.165, 1.54) is 0 Å². The molecule has 0 saturated heterocycles. The smallest absolute Gasteiger partial charge is 0.341 e. The number of benzene rings is 2. The molecule has 2 aromatic carbocycles. The molecule has 0 aliphatic carbocycles. The number of carbonyl (C=O) groups is 1. The van der Waals surface area contributed by atoms with Gasteiger partial charge in [-0.3, -0.25) is 0 Å². The van der Waals surface area contributed by atoms with E-state index in [-0.39, 0.29) is 21.5 Å². The molecule has 0 bridgehead atoms. The van der Waals surface area contributed by atoms with Gasteiger partial charge in [-0.2, -0.15) is 0 Å². The van der Waals surface area contributed by atoms with Gasteiger partial charge in [-0.1, -0.05) is 29.3 Å². The molecule has 0 spiro atoms. The van der Waals surface area contributed by atoms with Gasteiger partial charge in [0, 0.05) is 5.56 Å². The van der Waals surface area contributed by atoms with Gasteiger partial charge < -0.3 is 13.9 Å². The van der Waals surface area contributed by atoms with Crippen LogP contribution in [0.3, 0.4) is 0 Å². The highest BCUT2D eigenvalue weighted by Crippen LogP contribution is 2.28. The molecule has 3 rings (SSSR count). The summed E-state index contributed by atoms with van der Waals surface area (Å²) < 4.78 is 16.0. The number of ether oxygens (including phenoxy) is 2. The van der Waals surface area contributed by atoms with Gasteiger partial charge in [0.25, 0.3) is 5.89 Å². The molecule has 0 aliphatic rings. The van der Waals surface area contributed by atoms with Crippen molar-refractivity contribution in [3.63, 3.8) is 0 Å². The van der Waals surface area contributed by atoms with Crippen LogP contribution in [0.4, 0.5) is 0 Å². The average molecular weight is 393 g/mol. The Hall–Kier alpha value is -2.57. The largest absolute Gasteiger partial charge is 0.497 e. The number of halogens is 2. The van der Waals surface area contributed by atoms with Crippen molar-refractivity contribution in [2.75, 3.05) is 7.11 Å². The van der Waals surface area contributed by atoms with Crippen molar-refractivity contribution in [2.24, 2.45) is 0 Å². The second kappa shape index (κ2) is 7.76. The number of methoxy groups -OCH3 is 1. The summed E-state index contributed by atoms with van der Waals surface area (Å²) in [5, 5.41) is 8.33. The summed E-state index contributed by atoms with van der Waals surface area (Å²) in [6.07, 6.45) is -0.769. The summed E-state index contributed by atoms with van der Waals surface area (Å²) in [6, 6.07) is 11.9. The third-order valence-electron chi connectivity index (χ3n) is 3.58. The molecule has 1 heterocycles. The zero-order valence-corrected chi connectivity index (χ0v) is 15.4. The zero-order valence-electron chi connectivity index (χ0n) is 13.9. The first kappa shape index (κ1) is 18.2. The molecular formula is C18H14Cl2N2O4. The Morgan fingerprint density at radius 3 is 2.35 bits per heavy atom. The van der Waals surface area contributed by atoms with E-state index in [0.717, 1.165) is 5.56 Å². The average Bonchev–Trinajstić information content (AvgIpc) is 3.12. The van der Waals surface area contributed by atoms with E-state index in [1.807, 2.05) is 0 Å². The number of carbonyl (C=O) groups excluding carboxylic acids is 1. The zero-order chi connectivity index (χ0) is 18.7. The third-order valence-corrected chi connectivity index (χ3v) is 4.21. The Bertz CT molecular complexity index is 905. The van der Waals surface area contributed by atoms with Crippen LogP contribution in [0.2, 0.25) is 10.0 Å². The van der Waals surface area contributed by atoms with Gasteiger partial charge in [0.15, 0.2) is 6.10 Å². The normalized spacial score (nSPS) is 11.8. The lowest BCUT2D eigenvalue weighted by molar-refractivity contribution is 0.0280. The minimum Gasteiger partial charge on any atom is -0.497 e. The van der Waals surface area contributed by atoms with Gasteiger partial charge in [-0.15, -0.1) is 10.2 Å². The van der Waals surface area contributed by atoms with Crippen LogP contribution in [0, 0.1) is 0 Å². The molecule has 0 fully saturated rings. The van der Waals surface area contributed by atoms with Crippen molar-refractivity contribution in [1.29, 1.82) is 0 Å². The van der Waals surface area contributed by atoms with Crippen LogP contribution in [0.1, 0.15) is 29.3 Å². The molecule has 134 valence electrons. The first-order chi connectivity index (χ1) is 12.5. The van der Waals surface area contributed by atoms with Crippen LogP contribution >= 0.6 is 23.2 Å². The summed E-state index contributed by atoms with van der Waals surface area (Å²) in [4.78, 5) is 12.3. The van der Waals surface area contributed by atoms with Crippen molar-refractivity contribution in [3.05, 3.63) is 64.0 Å². The Balaban J connectivity index is 1.75. The van der Waals surface area contributed by atoms with E-state index >= 15 is 0 Å². The quantitative estimate of drug-likeness (QED) is 0.570. The highest BCUT2D eigenvalue weighted by Gasteiger charge is 2.23. The van der Waals surface area contributed by atoms with Gasteiger partial charge in [0.1, 0.15) is 5.75 Å². The second-order valence-corrected chi connectivity index (χ2v) is 6.13. The molecule has 0 aliphatic heterocycles. The van der Waals surface area contributed by atoms with Crippen LogP contribution in [0.15, 0.2) is 46.9 Å². The topological polar surface area (TPSA) is 74.5 Å². The maximum absolute atomic E-state index is 12.3. The molecule has 0 N–H and O–H groups in total. The molecule has 1 aromatic heterocycles. The first-order valence-electron chi connectivity index (χ1n) is 7.62. The molecule has 0 saturated carbocycles. The lowest BCUT2D eigenvalue weighted by Gasteiger charge is -2.11. The summed E-state index contributed by atoms with van der Waals surface area (Å²) in [7, 11) is 1.58. The van der Waals surface area contributed by atoms with E-state index < -0.39 is 12.1 Å². The van der Waals surface area contributed by atoms with Crippen LogP contribution in [-0.2, 0) is 4.74 Å². The van der Waals surface area contributed by atoms with Crippen LogP contribution in [0.25, 0.3) is 11.5 Å². The molecule has 8 heteroatoms. The van der Waals surface area contributed by atoms with E-state index in [0.29, 0.717) is 11.6 Å². The fourth-order valence-corrected chi connectivity index (χ4v) is 2.76. The monoisotopic (exact) mass is 392 g/mol. The van der Waals surface area contributed by atoms with Gasteiger partial charge in [0.05, 0.1) is 22.7 Å². The fourth-order valence-electron chi connectivity index (χ4n) is 2.21. The maximum atomic E-state index is 12.3. The van der Waals surface area contributed by atoms with Gasteiger partial charge in [0.2, 0.25) is 5.89 Å². The lowest BCUT2D eigenvalue weighted by Crippen LogP contribution is -2.10. The Morgan fingerprint density at radius 1 is 1.08 bits per heavy atom. The SMILES string of the molecule is COc1ccc(-c2nnc(C(C)OC(=O)c3c(Cl)cccc3Cl)o2)cc1. The minimum atomic E-state index is -0.769. The lowest BCUT2D eigenvalue weighted by atomic mass is 10.2. The third kappa shape index (κ3) is 3.81. The number of nitrogens with zero attached hydrogens (tertiary/aromatic N) is 2. The number of rotatable bonds is 5. The van der Waals surface area contributed by atoms with E-state index in [9.17, 15) is 4.79 Å². The molecule has 0 amide bonds. The van der Waals surface area contributed by atoms with E-state index in [1.54, 1.807) is 56.5 Å². The predicted octanol–water partition coefficient (Wildman–Crippen LogP) is 4.97. The number of hydrogen-bond acceptors (Lipinski definition) is 6. The van der Waals surface area contributed by atoms with Crippen molar-refractivity contribution < 1.29 is 18.7 Å². The van der Waals surface area contributed by atoms with Crippen LogP contribution in [-0.4, -0.2) is 23.3 Å². The van der Waals surface area contributed by atoms with E-state index in [4.69, 9.17) is 37.1 Å². The van der Waals surface area contributed by atoms with Crippen LogP contribution in [0.5, 0.6) is 5.75 Å². The summed E-state index contributed by atoms with van der Waals surface area (Å²) >= 11 is 12.0. The Labute approximate surface area is 159 Å². The highest BCUT2D eigenvalue weighted by atomic mass is 35.5. The summed E-state index contributed by atoms with van der Waals surface area (Å²) in [5.41, 5.74) is 0.815. The minimum absolute atomic E-state index is 0.0950. The highest BCUT2D eigenvalue weighted by molar-refractivity contribution is 6.39. The predicted molar refractivity (Wildman–Crippen MR) is 96.6 cm³/mol. The van der Waals surface area contributed by atoms with Crippen molar-refractivity contribution in [2.45, 2.75) is 13.0 Å². The Morgan fingerprint density at radius 2 is 1.73 bits per heavy atom. The molecule has 6 nitrogen and oxygen atoms in total. The summed E-state index contributed by atoms with van der Waals surface area (Å²) in [6.45, 7) is 1.62. The fraction of sp³-hybridized carbons (Fsp3) is 0.167. The van der Waals surface area contributed by atoms with Gasteiger partial charge >= 0.3 is 5.97 Å². The number of hydrogen-bond donors (Lipinski definition) is 0. The summed E-state index contributed by atoms with van der Waals surface area (Å²) in [5.74, 6) is 0.512. The molecule has 26 heavy (non-hydrogen) atoms. The Kier molecular flexibility index (Phi) is 5.44. The number of esters is 1. The second-order valence-electron chi connectivity index (χ2n) is 5.32. The van der Waals surface area contributed by atoms with Crippen molar-refractivity contribution in [3.8, 4) is 17.2 Å². The van der Waals surface area contributed by atoms with E-state index in [2.05, 4.69) is 10.2 Å². The first-order valence-corrected chi connectivity index (χ1v) is 8.38. The van der Waals surface area contributed by atoms with Crippen molar-refractivity contribution in [1.82, 2.24) is 10.2 Å². The molecule has 1 atom stereocenters. The van der Waals surface area contributed by atoms with Crippen molar-refractivity contribution >= 4 is 29.2 Å². The van der Waals surface area contributed by atoms with Crippen LogP contribution < -0.4 is 4.74 Å². The number of aromatic nitrogens is 2. The standard InChI is InChI=1S/C18H14Cl2N2O4/c1-10(25-18(23)15-13(19)4-3-5-14(15)20)16-21-22-17(26-16)11-6-8-12(24-2)9-7-11/h3-10H,1-2H3. The maximum Gasteiger partial charge on any atom is 0.341 e. The molecule has 3 aromatic rings. The van der Waals surface area contributed by atoms with Gasteiger partial charge in [-0.05, 0) is 43.3 Å². The molecular weight excluding hydrogens is 379 g/mol. The molecule has 0 radical (unpaired) electrons. The molecule has 1 unspecified atom stereocenters.